The lowest BCUT2D eigenvalue weighted by Gasteiger charge is -2.60. The number of fused-ring (bicyclic) bond motifs is 3. The zero-order valence-electron chi connectivity index (χ0n) is 19.2. The molecule has 0 aromatic heterocycles. The van der Waals surface area contributed by atoms with Gasteiger partial charge < -0.3 is 26.8 Å². The molecule has 174 valence electrons. The van der Waals surface area contributed by atoms with Crippen LogP contribution in [0.5, 0.6) is 0 Å². The number of aliphatic hydroxyl groups is 1. The summed E-state index contributed by atoms with van der Waals surface area (Å²) >= 11 is 0. The molecule has 0 atom stereocenters. The quantitative estimate of drug-likeness (QED) is 0.375. The van der Waals surface area contributed by atoms with E-state index in [4.69, 9.17) is 4.74 Å². The van der Waals surface area contributed by atoms with Crippen molar-refractivity contribution in [3.8, 4) is 0 Å². The minimum atomic E-state index is -1.00. The second kappa shape index (κ2) is 10.1. The SMILES string of the molecule is OC(c1ccccc1)(c1ccccc1)[N+]12CCC(CCOCc3ccccc3)(CC1)CC2.[Br-]. The van der Waals surface area contributed by atoms with Crippen LogP contribution in [0.4, 0.5) is 0 Å². The highest BCUT2D eigenvalue weighted by Crippen LogP contribution is 2.53. The molecule has 3 aliphatic rings. The molecule has 3 saturated heterocycles. The summed E-state index contributed by atoms with van der Waals surface area (Å²) in [6.45, 7) is 4.55. The smallest absolute Gasteiger partial charge is 0.254 e. The lowest BCUT2D eigenvalue weighted by molar-refractivity contribution is -1.01. The molecule has 0 spiro atoms. The monoisotopic (exact) mass is 507 g/mol. The van der Waals surface area contributed by atoms with Crippen LogP contribution in [0.1, 0.15) is 42.4 Å². The van der Waals surface area contributed by atoms with Crippen LogP contribution in [0.25, 0.3) is 0 Å². The number of ether oxygens (including phenoxy) is 1. The maximum absolute atomic E-state index is 12.4. The maximum Gasteiger partial charge on any atom is 0.254 e. The third-order valence-electron chi connectivity index (χ3n) is 8.14. The Kier molecular flexibility index (Phi) is 7.40. The van der Waals surface area contributed by atoms with Crippen LogP contribution in [0.15, 0.2) is 91.0 Å². The Labute approximate surface area is 208 Å². The first kappa shape index (κ1) is 24.2. The number of hydrogen-bond donors (Lipinski definition) is 1. The number of benzene rings is 3. The van der Waals surface area contributed by atoms with Gasteiger partial charge in [-0.1, -0.05) is 66.7 Å². The summed E-state index contributed by atoms with van der Waals surface area (Å²) in [6, 6.07) is 31.0. The van der Waals surface area contributed by atoms with Crippen molar-refractivity contribution < 1.29 is 31.3 Å². The van der Waals surface area contributed by atoms with Crippen LogP contribution in [-0.2, 0) is 17.1 Å². The van der Waals surface area contributed by atoms with E-state index in [2.05, 4.69) is 48.5 Å². The molecule has 0 saturated carbocycles. The highest BCUT2D eigenvalue weighted by molar-refractivity contribution is 5.33. The molecule has 0 amide bonds. The van der Waals surface area contributed by atoms with Gasteiger partial charge in [-0.25, -0.2) is 0 Å². The zero-order valence-corrected chi connectivity index (χ0v) is 20.8. The van der Waals surface area contributed by atoms with Crippen molar-refractivity contribution in [2.24, 2.45) is 5.41 Å². The Bertz CT molecular complexity index is 946. The fourth-order valence-corrected chi connectivity index (χ4v) is 6.03. The molecule has 0 unspecified atom stereocenters. The van der Waals surface area contributed by atoms with Gasteiger partial charge in [-0.15, -0.1) is 0 Å². The Morgan fingerprint density at radius 2 is 1.18 bits per heavy atom. The lowest BCUT2D eigenvalue weighted by Crippen LogP contribution is -3.00. The molecule has 2 bridgehead atoms. The summed E-state index contributed by atoms with van der Waals surface area (Å²) in [5, 5.41) is 12.4. The average Bonchev–Trinajstić information content (AvgIpc) is 2.89. The van der Waals surface area contributed by atoms with Crippen molar-refractivity contribution in [1.29, 1.82) is 0 Å². The topological polar surface area (TPSA) is 29.5 Å². The molecule has 3 aromatic rings. The number of quaternary nitrogens is 1. The Hall–Kier alpha value is -1.98. The normalized spacial score (nSPS) is 24.3. The number of halogens is 1. The number of hydrogen-bond acceptors (Lipinski definition) is 2. The Balaban J connectivity index is 0.00000259. The van der Waals surface area contributed by atoms with E-state index in [9.17, 15) is 5.11 Å². The predicted octanol–water partition coefficient (Wildman–Crippen LogP) is 2.49. The summed E-state index contributed by atoms with van der Waals surface area (Å²) in [6.07, 6.45) is 4.59. The van der Waals surface area contributed by atoms with Crippen LogP contribution in [0.2, 0.25) is 0 Å². The highest BCUT2D eigenvalue weighted by Gasteiger charge is 2.59. The van der Waals surface area contributed by atoms with Gasteiger partial charge in [0.05, 0.1) is 26.2 Å². The molecule has 6 rings (SSSR count). The molecule has 33 heavy (non-hydrogen) atoms. The van der Waals surface area contributed by atoms with E-state index in [1.807, 2.05) is 42.5 Å². The number of rotatable bonds is 8. The van der Waals surface area contributed by atoms with E-state index in [-0.39, 0.29) is 17.0 Å². The molecule has 1 N–H and O–H groups in total. The first-order valence-corrected chi connectivity index (χ1v) is 12.0. The van der Waals surface area contributed by atoms with Gasteiger partial charge in [-0.2, -0.15) is 0 Å². The highest BCUT2D eigenvalue weighted by atomic mass is 79.9. The summed E-state index contributed by atoms with van der Waals surface area (Å²) < 4.78 is 6.79. The third kappa shape index (κ3) is 4.54. The molecule has 3 nitrogen and oxygen atoms in total. The second-order valence-corrected chi connectivity index (χ2v) is 9.76. The molecule has 3 aromatic carbocycles. The number of nitrogens with zero attached hydrogens (tertiary/aromatic N) is 1. The van der Waals surface area contributed by atoms with Crippen LogP contribution in [0.3, 0.4) is 0 Å². The van der Waals surface area contributed by atoms with Gasteiger partial charge in [-0.3, -0.25) is 4.48 Å². The van der Waals surface area contributed by atoms with Crippen molar-refractivity contribution in [1.82, 2.24) is 0 Å². The van der Waals surface area contributed by atoms with E-state index in [0.717, 1.165) is 67.5 Å². The molecule has 0 radical (unpaired) electrons. The van der Waals surface area contributed by atoms with Crippen molar-refractivity contribution >= 4 is 0 Å². The Morgan fingerprint density at radius 3 is 1.67 bits per heavy atom. The van der Waals surface area contributed by atoms with E-state index in [1.165, 1.54) is 5.56 Å². The molecule has 3 heterocycles. The van der Waals surface area contributed by atoms with Gasteiger partial charge in [0, 0.05) is 37.0 Å². The largest absolute Gasteiger partial charge is 1.00 e. The fourth-order valence-electron chi connectivity index (χ4n) is 6.03. The van der Waals surface area contributed by atoms with Crippen molar-refractivity contribution in [3.05, 3.63) is 108 Å². The van der Waals surface area contributed by atoms with Crippen LogP contribution in [-0.4, -0.2) is 35.8 Å². The molecule has 3 aliphatic heterocycles. The Morgan fingerprint density at radius 1 is 0.727 bits per heavy atom. The standard InChI is InChI=1S/C29H34NO2.BrH/c31-29(26-12-6-2-7-13-26,27-14-8-3-9-15-27)30-20-16-28(17-21-30,18-22-30)19-23-32-24-25-10-4-1-5-11-25;/h1-15,31H,16-24H2;1H/q+1;/p-1. The second-order valence-electron chi connectivity index (χ2n) is 9.76. The summed E-state index contributed by atoms with van der Waals surface area (Å²) in [5.41, 5.74) is 2.62. The molecule has 3 fully saturated rings. The fraction of sp³-hybridized carbons (Fsp3) is 0.379. The maximum atomic E-state index is 12.4. The van der Waals surface area contributed by atoms with Crippen molar-refractivity contribution in [2.75, 3.05) is 26.2 Å². The van der Waals surface area contributed by atoms with Gasteiger partial charge in [-0.05, 0) is 41.7 Å². The third-order valence-corrected chi connectivity index (χ3v) is 8.14. The van der Waals surface area contributed by atoms with Crippen molar-refractivity contribution in [3.63, 3.8) is 0 Å². The van der Waals surface area contributed by atoms with Gasteiger partial charge in [0.1, 0.15) is 0 Å². The molecular formula is C29H34BrNO2. The van der Waals surface area contributed by atoms with Crippen LogP contribution < -0.4 is 17.0 Å². The van der Waals surface area contributed by atoms with Crippen LogP contribution >= 0.6 is 0 Å². The van der Waals surface area contributed by atoms with Gasteiger partial charge in [0.25, 0.3) is 5.72 Å². The van der Waals surface area contributed by atoms with E-state index < -0.39 is 5.72 Å². The lowest BCUT2D eigenvalue weighted by atomic mass is 9.67. The van der Waals surface area contributed by atoms with E-state index in [1.54, 1.807) is 0 Å². The minimum Gasteiger partial charge on any atom is -1.00 e. The van der Waals surface area contributed by atoms with E-state index >= 15 is 0 Å². The summed E-state index contributed by atoms with van der Waals surface area (Å²) in [4.78, 5) is 0. The molecule has 0 aliphatic carbocycles. The minimum absolute atomic E-state index is 0. The first-order chi connectivity index (χ1) is 15.7. The predicted molar refractivity (Wildman–Crippen MR) is 128 cm³/mol. The van der Waals surface area contributed by atoms with Gasteiger partial charge in [0.15, 0.2) is 0 Å². The molecular weight excluding hydrogens is 474 g/mol. The average molecular weight is 509 g/mol. The number of piperidine rings is 3. The summed E-state index contributed by atoms with van der Waals surface area (Å²) in [5.74, 6) is 0. The van der Waals surface area contributed by atoms with E-state index in [0.29, 0.717) is 12.0 Å². The zero-order chi connectivity index (χ0) is 21.9. The van der Waals surface area contributed by atoms with Crippen LogP contribution in [0, 0.1) is 5.41 Å². The van der Waals surface area contributed by atoms with Crippen molar-refractivity contribution in [2.45, 2.75) is 38.0 Å². The molecule has 4 heteroatoms. The first-order valence-electron chi connectivity index (χ1n) is 12.0. The summed E-state index contributed by atoms with van der Waals surface area (Å²) in [7, 11) is 0. The van der Waals surface area contributed by atoms with Gasteiger partial charge in [0.2, 0.25) is 0 Å². The van der Waals surface area contributed by atoms with Gasteiger partial charge >= 0.3 is 0 Å².